The molecule has 0 spiro atoms. The van der Waals surface area contributed by atoms with Gasteiger partial charge in [-0.15, -0.1) is 5.10 Å². The number of benzene rings is 1. The van der Waals surface area contributed by atoms with Gasteiger partial charge in [0.2, 0.25) is 0 Å². The minimum Gasteiger partial charge on any atom is -0.335 e. The second-order valence-electron chi connectivity index (χ2n) is 6.53. The summed E-state index contributed by atoms with van der Waals surface area (Å²) in [5.41, 5.74) is 1.73. The molecule has 0 saturated carbocycles. The van der Waals surface area contributed by atoms with E-state index in [1.54, 1.807) is 31.7 Å². The largest absolute Gasteiger partial charge is 0.335 e. The van der Waals surface area contributed by atoms with Gasteiger partial charge >= 0.3 is 0 Å². The Hall–Kier alpha value is -3.03. The highest BCUT2D eigenvalue weighted by molar-refractivity contribution is 5.92. The highest BCUT2D eigenvalue weighted by Crippen LogP contribution is 2.22. The lowest BCUT2D eigenvalue weighted by Gasteiger charge is -2.24. The van der Waals surface area contributed by atoms with E-state index in [2.05, 4.69) is 15.3 Å². The van der Waals surface area contributed by atoms with Crippen LogP contribution in [-0.4, -0.2) is 47.9 Å². The zero-order chi connectivity index (χ0) is 18.1. The maximum Gasteiger partial charge on any atom is 0.276 e. The van der Waals surface area contributed by atoms with Gasteiger partial charge in [-0.3, -0.25) is 4.79 Å². The van der Waals surface area contributed by atoms with Crippen LogP contribution < -0.4 is 0 Å². The van der Waals surface area contributed by atoms with Gasteiger partial charge in [-0.05, 0) is 43.5 Å². The molecule has 26 heavy (non-hydrogen) atoms. The summed E-state index contributed by atoms with van der Waals surface area (Å²) in [6.07, 6.45) is 8.92. The molecule has 1 aromatic carbocycles. The van der Waals surface area contributed by atoms with Crippen molar-refractivity contribution in [1.29, 1.82) is 0 Å². The Labute approximate surface area is 150 Å². The average molecular weight is 354 g/mol. The van der Waals surface area contributed by atoms with Gasteiger partial charge in [0, 0.05) is 25.5 Å². The van der Waals surface area contributed by atoms with Crippen LogP contribution in [-0.2, 0) is 6.54 Å². The number of amides is 1. The number of nitrogens with zero attached hydrogens (tertiary/aromatic N) is 6. The molecule has 3 heterocycles. The van der Waals surface area contributed by atoms with E-state index in [9.17, 15) is 9.18 Å². The Morgan fingerprint density at radius 2 is 2.27 bits per heavy atom. The van der Waals surface area contributed by atoms with E-state index in [4.69, 9.17) is 0 Å². The van der Waals surface area contributed by atoms with E-state index in [1.165, 1.54) is 16.8 Å². The number of carbonyl (C=O) groups is 1. The van der Waals surface area contributed by atoms with Crippen LogP contribution in [0.5, 0.6) is 0 Å². The van der Waals surface area contributed by atoms with Crippen molar-refractivity contribution in [3.63, 3.8) is 0 Å². The summed E-state index contributed by atoms with van der Waals surface area (Å²) in [4.78, 5) is 18.8. The first-order chi connectivity index (χ1) is 12.6. The molecule has 1 unspecified atom stereocenters. The van der Waals surface area contributed by atoms with Gasteiger partial charge in [0.05, 0.1) is 24.3 Å². The minimum atomic E-state index is -0.304. The van der Waals surface area contributed by atoms with Gasteiger partial charge in [0.15, 0.2) is 5.69 Å². The Bertz CT molecular complexity index is 920. The van der Waals surface area contributed by atoms with E-state index >= 15 is 0 Å². The van der Waals surface area contributed by atoms with Crippen molar-refractivity contribution >= 4 is 5.91 Å². The number of imidazole rings is 1. The number of hydrogen-bond acceptors (Lipinski definition) is 4. The lowest BCUT2D eigenvalue weighted by molar-refractivity contribution is 0.0718. The molecule has 0 radical (unpaired) electrons. The quantitative estimate of drug-likeness (QED) is 0.720. The Morgan fingerprint density at radius 1 is 1.38 bits per heavy atom. The van der Waals surface area contributed by atoms with Gasteiger partial charge < -0.3 is 9.47 Å². The summed E-state index contributed by atoms with van der Waals surface area (Å²) < 4.78 is 16.8. The smallest absolute Gasteiger partial charge is 0.276 e. The zero-order valence-corrected chi connectivity index (χ0v) is 14.4. The fraction of sp³-hybridized carbons (Fsp3) is 0.333. The molecule has 0 bridgehead atoms. The first kappa shape index (κ1) is 16.4. The van der Waals surface area contributed by atoms with Gasteiger partial charge in [-0.2, -0.15) is 0 Å². The number of carbonyl (C=O) groups excluding carboxylic acids is 1. The second-order valence-corrected chi connectivity index (χ2v) is 6.53. The molecule has 0 N–H and O–H groups in total. The van der Waals surface area contributed by atoms with Crippen LogP contribution in [0.3, 0.4) is 0 Å². The van der Waals surface area contributed by atoms with E-state index in [0.717, 1.165) is 24.9 Å². The lowest BCUT2D eigenvalue weighted by Crippen LogP contribution is -2.38. The molecule has 1 fully saturated rings. The number of hydrogen-bond donors (Lipinski definition) is 0. The van der Waals surface area contributed by atoms with Crippen LogP contribution in [0, 0.1) is 12.7 Å². The van der Waals surface area contributed by atoms with Crippen LogP contribution >= 0.6 is 0 Å². The van der Waals surface area contributed by atoms with Crippen LogP contribution in [0.1, 0.15) is 28.9 Å². The van der Waals surface area contributed by atoms with Crippen LogP contribution in [0.15, 0.2) is 43.1 Å². The molecular formula is C18H19FN6O. The highest BCUT2D eigenvalue weighted by Gasteiger charge is 2.31. The Morgan fingerprint density at radius 3 is 3.04 bits per heavy atom. The zero-order valence-electron chi connectivity index (χ0n) is 14.4. The number of aromatic nitrogens is 5. The lowest BCUT2D eigenvalue weighted by atomic mass is 10.2. The molecule has 3 aromatic rings. The van der Waals surface area contributed by atoms with E-state index < -0.39 is 0 Å². The number of rotatable bonds is 4. The summed E-state index contributed by atoms with van der Waals surface area (Å²) >= 11 is 0. The minimum absolute atomic E-state index is 0.120. The van der Waals surface area contributed by atoms with Gasteiger partial charge in [0.25, 0.3) is 5.91 Å². The van der Waals surface area contributed by atoms with Crippen molar-refractivity contribution in [1.82, 2.24) is 29.4 Å². The van der Waals surface area contributed by atoms with Crippen molar-refractivity contribution < 1.29 is 9.18 Å². The second kappa shape index (κ2) is 6.70. The first-order valence-electron chi connectivity index (χ1n) is 8.57. The SMILES string of the molecule is Cc1cc(F)ccc1-n1cc(C(=O)N2CCCC2Cn2ccnc2)nn1. The van der Waals surface area contributed by atoms with E-state index in [1.807, 2.05) is 15.7 Å². The normalized spacial score (nSPS) is 17.0. The first-order valence-corrected chi connectivity index (χ1v) is 8.57. The monoisotopic (exact) mass is 354 g/mol. The van der Waals surface area contributed by atoms with Crippen LogP contribution in [0.25, 0.3) is 5.69 Å². The van der Waals surface area contributed by atoms with Gasteiger partial charge in [0.1, 0.15) is 5.82 Å². The van der Waals surface area contributed by atoms with Crippen molar-refractivity contribution in [3.8, 4) is 5.69 Å². The van der Waals surface area contributed by atoms with Crippen LogP contribution in [0.4, 0.5) is 4.39 Å². The van der Waals surface area contributed by atoms with Gasteiger partial charge in [-0.1, -0.05) is 5.21 Å². The highest BCUT2D eigenvalue weighted by atomic mass is 19.1. The molecular weight excluding hydrogens is 335 g/mol. The van der Waals surface area contributed by atoms with Crippen molar-refractivity contribution in [2.24, 2.45) is 0 Å². The summed E-state index contributed by atoms with van der Waals surface area (Å²) in [6.45, 7) is 3.22. The Balaban J connectivity index is 1.54. The fourth-order valence-corrected chi connectivity index (χ4v) is 3.43. The van der Waals surface area contributed by atoms with Crippen molar-refractivity contribution in [3.05, 3.63) is 60.2 Å². The third-order valence-corrected chi connectivity index (χ3v) is 4.74. The molecule has 1 aliphatic heterocycles. The maximum atomic E-state index is 13.3. The summed E-state index contributed by atoms with van der Waals surface area (Å²) in [7, 11) is 0. The third kappa shape index (κ3) is 3.10. The topological polar surface area (TPSA) is 68.8 Å². The van der Waals surface area contributed by atoms with Crippen molar-refractivity contribution in [2.45, 2.75) is 32.4 Å². The molecule has 1 aliphatic rings. The Kier molecular flexibility index (Phi) is 4.24. The fourth-order valence-electron chi connectivity index (χ4n) is 3.43. The summed E-state index contributed by atoms with van der Waals surface area (Å²) in [6, 6.07) is 4.55. The number of aryl methyl sites for hydroxylation is 1. The molecule has 0 aliphatic carbocycles. The van der Waals surface area contributed by atoms with E-state index in [-0.39, 0.29) is 17.8 Å². The van der Waals surface area contributed by atoms with Crippen LogP contribution in [0.2, 0.25) is 0 Å². The molecule has 8 heteroatoms. The maximum absolute atomic E-state index is 13.3. The third-order valence-electron chi connectivity index (χ3n) is 4.74. The average Bonchev–Trinajstić information content (AvgIpc) is 3.36. The standard InChI is InChI=1S/C18H19FN6O/c1-13-9-14(19)4-5-17(13)25-11-16(21-22-25)18(26)24-7-2-3-15(24)10-23-8-6-20-12-23/h4-6,8-9,11-12,15H,2-3,7,10H2,1H3. The van der Waals surface area contributed by atoms with Gasteiger partial charge in [-0.25, -0.2) is 14.1 Å². The predicted molar refractivity (Wildman–Crippen MR) is 92.3 cm³/mol. The predicted octanol–water partition coefficient (Wildman–Crippen LogP) is 2.22. The molecule has 134 valence electrons. The molecule has 1 saturated heterocycles. The number of likely N-dealkylation sites (tertiary alicyclic amines) is 1. The van der Waals surface area contributed by atoms with E-state index in [0.29, 0.717) is 17.9 Å². The molecule has 4 rings (SSSR count). The summed E-state index contributed by atoms with van der Waals surface area (Å²) in [5.74, 6) is -0.430. The molecule has 1 amide bonds. The van der Waals surface area contributed by atoms with Crippen molar-refractivity contribution in [2.75, 3.05) is 6.54 Å². The molecule has 7 nitrogen and oxygen atoms in total. The number of halogens is 1. The molecule has 1 atom stereocenters. The molecule has 2 aromatic heterocycles. The summed E-state index contributed by atoms with van der Waals surface area (Å²) in [5, 5.41) is 8.09.